The van der Waals surface area contributed by atoms with Crippen molar-refractivity contribution in [3.8, 4) is 0 Å². The molecule has 0 fully saturated rings. The van der Waals surface area contributed by atoms with Crippen LogP contribution < -0.4 is 5.73 Å². The Balaban J connectivity index is 2.82. The molecule has 0 bridgehead atoms. The smallest absolute Gasteiger partial charge is 0.263 e. The van der Waals surface area contributed by atoms with Crippen molar-refractivity contribution in [1.29, 1.82) is 0 Å². The summed E-state index contributed by atoms with van der Waals surface area (Å²) in [6.07, 6.45) is 2.74. The van der Waals surface area contributed by atoms with Crippen LogP contribution in [-0.4, -0.2) is 40.1 Å². The lowest BCUT2D eigenvalue weighted by molar-refractivity contribution is -0.116. The van der Waals surface area contributed by atoms with Crippen molar-refractivity contribution in [2.75, 3.05) is 13.1 Å². The van der Waals surface area contributed by atoms with Gasteiger partial charge in [0.25, 0.3) is 5.91 Å². The van der Waals surface area contributed by atoms with Crippen LogP contribution in [0.4, 0.5) is 0 Å². The Morgan fingerprint density at radius 3 is 2.81 bits per heavy atom. The van der Waals surface area contributed by atoms with Crippen LogP contribution in [0.1, 0.15) is 22.5 Å². The molecule has 16 heavy (non-hydrogen) atoms. The molecule has 0 radical (unpaired) electrons. The van der Waals surface area contributed by atoms with Crippen molar-refractivity contribution < 1.29 is 9.59 Å². The SMILES string of the molecule is Cc1nn(C)cc1C(=O)N(C=O)CCCN. The molecule has 2 N–H and O–H groups in total. The number of nitrogens with two attached hydrogens (primary N) is 1. The number of amides is 2. The Kier molecular flexibility index (Phi) is 4.19. The summed E-state index contributed by atoms with van der Waals surface area (Å²) in [5, 5.41) is 4.06. The molecule has 1 heterocycles. The van der Waals surface area contributed by atoms with Gasteiger partial charge in [-0.25, -0.2) is 0 Å². The zero-order valence-electron chi connectivity index (χ0n) is 9.51. The topological polar surface area (TPSA) is 81.2 Å². The maximum Gasteiger partial charge on any atom is 0.263 e. The van der Waals surface area contributed by atoms with Crippen molar-refractivity contribution in [1.82, 2.24) is 14.7 Å². The highest BCUT2D eigenvalue weighted by atomic mass is 16.2. The number of hydrogen-bond donors (Lipinski definition) is 1. The van der Waals surface area contributed by atoms with Crippen LogP contribution in [0.3, 0.4) is 0 Å². The molecule has 6 heteroatoms. The molecule has 6 nitrogen and oxygen atoms in total. The predicted octanol–water partition coefficient (Wildman–Crippen LogP) is -0.324. The molecule has 2 amide bonds. The molecular formula is C10H16N4O2. The van der Waals surface area contributed by atoms with Gasteiger partial charge in [-0.2, -0.15) is 5.10 Å². The van der Waals surface area contributed by atoms with Gasteiger partial charge in [0, 0.05) is 19.8 Å². The molecule has 0 spiro atoms. The van der Waals surface area contributed by atoms with Crippen molar-refractivity contribution in [2.24, 2.45) is 12.8 Å². The first-order chi connectivity index (χ1) is 7.60. The lowest BCUT2D eigenvalue weighted by Crippen LogP contribution is -2.31. The average molecular weight is 224 g/mol. The molecule has 1 aromatic heterocycles. The largest absolute Gasteiger partial charge is 0.330 e. The number of carbonyl (C=O) groups excluding carboxylic acids is 2. The van der Waals surface area contributed by atoms with E-state index in [1.165, 1.54) is 0 Å². The van der Waals surface area contributed by atoms with Gasteiger partial charge in [0.15, 0.2) is 0 Å². The van der Waals surface area contributed by atoms with Gasteiger partial charge < -0.3 is 5.73 Å². The van der Waals surface area contributed by atoms with E-state index >= 15 is 0 Å². The Labute approximate surface area is 94.0 Å². The van der Waals surface area contributed by atoms with Crippen LogP contribution >= 0.6 is 0 Å². The highest BCUT2D eigenvalue weighted by molar-refractivity contribution is 6.00. The van der Waals surface area contributed by atoms with Crippen molar-refractivity contribution in [3.63, 3.8) is 0 Å². The van der Waals surface area contributed by atoms with E-state index in [9.17, 15) is 9.59 Å². The Morgan fingerprint density at radius 2 is 2.38 bits per heavy atom. The van der Waals surface area contributed by atoms with E-state index < -0.39 is 0 Å². The molecule has 0 saturated heterocycles. The van der Waals surface area contributed by atoms with E-state index in [1.807, 2.05) is 0 Å². The van der Waals surface area contributed by atoms with Crippen LogP contribution in [0, 0.1) is 6.92 Å². The predicted molar refractivity (Wildman–Crippen MR) is 58.7 cm³/mol. The van der Waals surface area contributed by atoms with Crippen molar-refractivity contribution >= 4 is 12.3 Å². The van der Waals surface area contributed by atoms with E-state index in [4.69, 9.17) is 5.73 Å². The highest BCUT2D eigenvalue weighted by Gasteiger charge is 2.18. The fourth-order valence-electron chi connectivity index (χ4n) is 1.43. The van der Waals surface area contributed by atoms with Gasteiger partial charge in [-0.3, -0.25) is 19.2 Å². The number of carbonyl (C=O) groups is 2. The fraction of sp³-hybridized carbons (Fsp3) is 0.500. The minimum atomic E-state index is -0.325. The van der Waals surface area contributed by atoms with Gasteiger partial charge in [-0.05, 0) is 19.9 Å². The van der Waals surface area contributed by atoms with Crippen LogP contribution in [0.15, 0.2) is 6.20 Å². The fourth-order valence-corrected chi connectivity index (χ4v) is 1.43. The maximum atomic E-state index is 11.9. The van der Waals surface area contributed by atoms with Crippen LogP contribution in [0.5, 0.6) is 0 Å². The third-order valence-corrected chi connectivity index (χ3v) is 2.24. The first kappa shape index (κ1) is 12.4. The second-order valence-corrected chi connectivity index (χ2v) is 3.55. The Hall–Kier alpha value is -1.69. The highest BCUT2D eigenvalue weighted by Crippen LogP contribution is 2.08. The summed E-state index contributed by atoms with van der Waals surface area (Å²) in [5.41, 5.74) is 6.40. The molecule has 1 aromatic rings. The van der Waals surface area contributed by atoms with E-state index in [0.717, 1.165) is 4.90 Å². The second kappa shape index (κ2) is 5.41. The zero-order chi connectivity index (χ0) is 12.1. The molecule has 0 saturated carbocycles. The van der Waals surface area contributed by atoms with Crippen LogP contribution in [0.25, 0.3) is 0 Å². The van der Waals surface area contributed by atoms with E-state index in [1.54, 1.807) is 24.9 Å². The lowest BCUT2D eigenvalue weighted by atomic mass is 10.2. The van der Waals surface area contributed by atoms with Crippen LogP contribution in [0.2, 0.25) is 0 Å². The van der Waals surface area contributed by atoms with Gasteiger partial charge in [-0.1, -0.05) is 0 Å². The number of nitrogens with zero attached hydrogens (tertiary/aromatic N) is 3. The van der Waals surface area contributed by atoms with Gasteiger partial charge >= 0.3 is 0 Å². The summed E-state index contributed by atoms with van der Waals surface area (Å²) in [7, 11) is 1.73. The van der Waals surface area contributed by atoms with Crippen LogP contribution in [-0.2, 0) is 11.8 Å². The second-order valence-electron chi connectivity index (χ2n) is 3.55. The molecule has 1 rings (SSSR count). The molecule has 0 unspecified atom stereocenters. The normalized spacial score (nSPS) is 10.2. The summed E-state index contributed by atoms with van der Waals surface area (Å²) in [6.45, 7) is 2.52. The molecule has 0 atom stereocenters. The standard InChI is InChI=1S/C10H16N4O2/c1-8-9(6-13(2)12-8)10(16)14(7-15)5-3-4-11/h6-7H,3-5,11H2,1-2H3. The van der Waals surface area contributed by atoms with E-state index in [0.29, 0.717) is 37.2 Å². The molecule has 0 aliphatic heterocycles. The average Bonchev–Trinajstić information content (AvgIpc) is 2.58. The summed E-state index contributed by atoms with van der Waals surface area (Å²) in [4.78, 5) is 23.8. The van der Waals surface area contributed by atoms with Gasteiger partial charge in [0.05, 0.1) is 11.3 Å². The summed E-state index contributed by atoms with van der Waals surface area (Å²) in [6, 6.07) is 0. The summed E-state index contributed by atoms with van der Waals surface area (Å²) in [5.74, 6) is -0.325. The van der Waals surface area contributed by atoms with E-state index in [2.05, 4.69) is 5.10 Å². The zero-order valence-corrected chi connectivity index (χ0v) is 9.51. The molecular weight excluding hydrogens is 208 g/mol. The minimum Gasteiger partial charge on any atom is -0.330 e. The quantitative estimate of drug-likeness (QED) is 0.695. The number of imide groups is 1. The number of hydrogen-bond acceptors (Lipinski definition) is 4. The first-order valence-corrected chi connectivity index (χ1v) is 5.06. The lowest BCUT2D eigenvalue weighted by Gasteiger charge is -2.13. The van der Waals surface area contributed by atoms with Gasteiger partial charge in [0.1, 0.15) is 0 Å². The van der Waals surface area contributed by atoms with Crippen molar-refractivity contribution in [2.45, 2.75) is 13.3 Å². The first-order valence-electron chi connectivity index (χ1n) is 5.06. The number of aromatic nitrogens is 2. The maximum absolute atomic E-state index is 11.9. The molecule has 0 aromatic carbocycles. The molecule has 0 aliphatic carbocycles. The Morgan fingerprint density at radius 1 is 1.69 bits per heavy atom. The summed E-state index contributed by atoms with van der Waals surface area (Å²) < 4.78 is 1.55. The number of rotatable bonds is 5. The molecule has 0 aliphatic rings. The third-order valence-electron chi connectivity index (χ3n) is 2.24. The van der Waals surface area contributed by atoms with Gasteiger partial charge in [0.2, 0.25) is 6.41 Å². The Bertz CT molecular complexity index is 386. The summed E-state index contributed by atoms with van der Waals surface area (Å²) >= 11 is 0. The number of aryl methyl sites for hydroxylation is 2. The third kappa shape index (κ3) is 2.66. The van der Waals surface area contributed by atoms with Gasteiger partial charge in [-0.15, -0.1) is 0 Å². The van der Waals surface area contributed by atoms with Crippen molar-refractivity contribution in [3.05, 3.63) is 17.5 Å². The van der Waals surface area contributed by atoms with E-state index in [-0.39, 0.29) is 5.91 Å². The molecule has 88 valence electrons. The monoisotopic (exact) mass is 224 g/mol. The minimum absolute atomic E-state index is 0.325.